The molecule has 2 aliphatic heterocycles. The van der Waals surface area contributed by atoms with Gasteiger partial charge in [-0.2, -0.15) is 0 Å². The summed E-state index contributed by atoms with van der Waals surface area (Å²) in [4.78, 5) is 15.3. The molecule has 30 heavy (non-hydrogen) atoms. The average Bonchev–Trinajstić information content (AvgIpc) is 3.13. The highest BCUT2D eigenvalue weighted by Crippen LogP contribution is 2.62. The Morgan fingerprint density at radius 1 is 1.27 bits per heavy atom. The van der Waals surface area contributed by atoms with E-state index in [0.717, 1.165) is 37.1 Å². The molecule has 2 aromatic carbocycles. The number of carbonyl (C=O) groups excluding carboxylic acids is 1. The summed E-state index contributed by atoms with van der Waals surface area (Å²) >= 11 is 0. The van der Waals surface area contributed by atoms with Crippen molar-refractivity contribution in [1.82, 2.24) is 4.90 Å². The lowest BCUT2D eigenvalue weighted by Crippen LogP contribution is -2.63. The number of esters is 1. The molecule has 4 aliphatic rings. The Hall–Kier alpha value is -2.63. The van der Waals surface area contributed by atoms with Gasteiger partial charge in [-0.1, -0.05) is 30.3 Å². The number of hydrogen-bond donors (Lipinski definition) is 1. The highest BCUT2D eigenvalue weighted by molar-refractivity contribution is 5.90. The molecule has 2 aromatic rings. The number of benzene rings is 2. The van der Waals surface area contributed by atoms with Crippen molar-refractivity contribution in [3.63, 3.8) is 0 Å². The second kappa shape index (κ2) is 6.43. The van der Waals surface area contributed by atoms with Crippen LogP contribution in [0.25, 0.3) is 0 Å². The molecule has 154 valence electrons. The quantitative estimate of drug-likeness (QED) is 0.798. The van der Waals surface area contributed by atoms with E-state index >= 15 is 0 Å². The molecule has 0 saturated carbocycles. The van der Waals surface area contributed by atoms with Crippen molar-refractivity contribution in [3.05, 3.63) is 76.6 Å². The fraction of sp³-hybridized carbons (Fsp3) is 0.400. The minimum Gasteiger partial charge on any atom is -0.481 e. The number of likely N-dealkylation sites (N-methyl/N-ethyl adjacent to an activating group) is 1. The summed E-state index contributed by atoms with van der Waals surface area (Å²) in [6.07, 6.45) is 4.58. The van der Waals surface area contributed by atoms with Gasteiger partial charge in [0, 0.05) is 22.6 Å². The Labute approximate surface area is 175 Å². The Kier molecular flexibility index (Phi) is 3.89. The largest absolute Gasteiger partial charge is 0.481 e. The predicted octanol–water partition coefficient (Wildman–Crippen LogP) is 3.20. The zero-order chi connectivity index (χ0) is 20.5. The minimum atomic E-state index is -0.348. The van der Waals surface area contributed by atoms with Crippen LogP contribution in [0.4, 0.5) is 0 Å². The lowest BCUT2D eigenvalue weighted by Gasteiger charge is -2.56. The SMILES string of the molecule is CN1CC[C@]23c4c5ccc(CO)c4O[C@H]2C(OC(=O)c2ccccc2)=CCC3[C@H]1C5. The summed E-state index contributed by atoms with van der Waals surface area (Å²) in [6.45, 7) is 0.936. The van der Waals surface area contributed by atoms with Gasteiger partial charge in [-0.15, -0.1) is 0 Å². The molecule has 2 bridgehead atoms. The van der Waals surface area contributed by atoms with E-state index in [9.17, 15) is 9.90 Å². The Balaban J connectivity index is 1.46. The zero-order valence-electron chi connectivity index (χ0n) is 17.0. The highest BCUT2D eigenvalue weighted by atomic mass is 16.6. The molecule has 5 heteroatoms. The van der Waals surface area contributed by atoms with Crippen molar-refractivity contribution in [3.8, 4) is 5.75 Å². The summed E-state index contributed by atoms with van der Waals surface area (Å²) in [5.74, 6) is 1.51. The van der Waals surface area contributed by atoms with Gasteiger partial charge in [-0.3, -0.25) is 0 Å². The van der Waals surface area contributed by atoms with Gasteiger partial charge in [0.2, 0.25) is 0 Å². The number of ether oxygens (including phenoxy) is 2. The van der Waals surface area contributed by atoms with E-state index in [1.54, 1.807) is 12.1 Å². The van der Waals surface area contributed by atoms with Crippen molar-refractivity contribution in [2.24, 2.45) is 5.92 Å². The van der Waals surface area contributed by atoms with Gasteiger partial charge in [0.15, 0.2) is 6.10 Å². The van der Waals surface area contributed by atoms with Crippen LogP contribution in [0, 0.1) is 5.92 Å². The summed E-state index contributed by atoms with van der Waals surface area (Å²) in [7, 11) is 2.21. The summed E-state index contributed by atoms with van der Waals surface area (Å²) in [5, 5.41) is 9.95. The van der Waals surface area contributed by atoms with Crippen LogP contribution in [-0.2, 0) is 23.2 Å². The van der Waals surface area contributed by atoms with Gasteiger partial charge >= 0.3 is 5.97 Å². The number of nitrogens with zero attached hydrogens (tertiary/aromatic N) is 1. The van der Waals surface area contributed by atoms with Crippen LogP contribution in [0.5, 0.6) is 5.75 Å². The predicted molar refractivity (Wildman–Crippen MR) is 111 cm³/mol. The molecule has 0 aromatic heterocycles. The van der Waals surface area contributed by atoms with Gasteiger partial charge in [-0.25, -0.2) is 4.79 Å². The molecule has 1 unspecified atom stereocenters. The fourth-order valence-corrected chi connectivity index (χ4v) is 6.35. The minimum absolute atomic E-state index is 0.0533. The molecule has 0 radical (unpaired) electrons. The highest BCUT2D eigenvalue weighted by Gasteiger charge is 2.64. The molecule has 1 N–H and O–H groups in total. The zero-order valence-corrected chi connectivity index (χ0v) is 17.0. The van der Waals surface area contributed by atoms with Crippen molar-refractivity contribution in [2.75, 3.05) is 13.6 Å². The maximum Gasteiger partial charge on any atom is 0.343 e. The number of piperidine rings is 1. The smallest absolute Gasteiger partial charge is 0.343 e. The van der Waals surface area contributed by atoms with E-state index < -0.39 is 0 Å². The third-order valence-corrected chi connectivity index (χ3v) is 7.72. The molecule has 2 heterocycles. The lowest BCUT2D eigenvalue weighted by molar-refractivity contribution is -0.0271. The van der Waals surface area contributed by atoms with Crippen molar-refractivity contribution >= 4 is 5.97 Å². The number of aliphatic hydroxyl groups excluding tert-OH is 1. The van der Waals surface area contributed by atoms with Gasteiger partial charge < -0.3 is 19.5 Å². The second-order valence-electron chi connectivity index (χ2n) is 8.99. The first-order valence-electron chi connectivity index (χ1n) is 10.7. The van der Waals surface area contributed by atoms with Crippen LogP contribution < -0.4 is 4.74 Å². The summed E-state index contributed by atoms with van der Waals surface area (Å²) in [6, 6.07) is 13.7. The number of rotatable bonds is 3. The van der Waals surface area contributed by atoms with Crippen LogP contribution >= 0.6 is 0 Å². The van der Waals surface area contributed by atoms with E-state index in [-0.39, 0.29) is 24.1 Å². The van der Waals surface area contributed by atoms with E-state index in [2.05, 4.69) is 24.1 Å². The molecule has 2 aliphatic carbocycles. The van der Waals surface area contributed by atoms with Gasteiger partial charge in [-0.05, 0) is 62.5 Å². The average molecular weight is 403 g/mol. The Morgan fingerprint density at radius 3 is 2.90 bits per heavy atom. The number of hydrogen-bond acceptors (Lipinski definition) is 5. The van der Waals surface area contributed by atoms with Crippen LogP contribution in [0.3, 0.4) is 0 Å². The standard InChI is InChI=1S/C25H25NO4/c1-26-12-11-25-18-9-10-20(29-24(28)15-5-3-2-4-6-15)23(25)30-22-17(14-27)8-7-16(21(22)25)13-19(18)26/h2-8,10,18-19,23,27H,9,11-14H2,1H3/t18?,19-,23+,25+/m1/s1. The first-order valence-corrected chi connectivity index (χ1v) is 10.7. The molecular formula is C25H25NO4. The molecule has 6 rings (SSSR count). The second-order valence-corrected chi connectivity index (χ2v) is 8.99. The topological polar surface area (TPSA) is 59.0 Å². The molecule has 1 fully saturated rings. The molecular weight excluding hydrogens is 378 g/mol. The van der Waals surface area contributed by atoms with Crippen molar-refractivity contribution in [2.45, 2.75) is 43.4 Å². The molecule has 0 amide bonds. The number of allylic oxidation sites excluding steroid dienone is 1. The van der Waals surface area contributed by atoms with Crippen molar-refractivity contribution in [1.29, 1.82) is 0 Å². The van der Waals surface area contributed by atoms with Crippen LogP contribution in [0.15, 0.2) is 54.3 Å². The number of likely N-dealkylation sites (tertiary alicyclic amines) is 1. The molecule has 1 spiro atoms. The van der Waals surface area contributed by atoms with E-state index in [1.807, 2.05) is 24.3 Å². The third kappa shape index (κ3) is 2.28. The maximum atomic E-state index is 12.8. The molecule has 4 atom stereocenters. The van der Waals surface area contributed by atoms with E-state index in [1.165, 1.54) is 11.1 Å². The monoisotopic (exact) mass is 403 g/mol. The fourth-order valence-electron chi connectivity index (χ4n) is 6.35. The van der Waals surface area contributed by atoms with E-state index in [4.69, 9.17) is 9.47 Å². The van der Waals surface area contributed by atoms with E-state index in [0.29, 0.717) is 23.3 Å². The van der Waals surface area contributed by atoms with Gasteiger partial charge in [0.05, 0.1) is 12.2 Å². The summed E-state index contributed by atoms with van der Waals surface area (Å²) < 4.78 is 12.5. The first-order chi connectivity index (χ1) is 14.6. The van der Waals surface area contributed by atoms with Crippen molar-refractivity contribution < 1.29 is 19.4 Å². The van der Waals surface area contributed by atoms with Crippen LogP contribution in [-0.4, -0.2) is 41.7 Å². The first kappa shape index (κ1) is 18.2. The Bertz CT molecular complexity index is 1060. The van der Waals surface area contributed by atoms with Gasteiger partial charge in [0.25, 0.3) is 0 Å². The molecule has 1 saturated heterocycles. The number of aliphatic hydroxyl groups is 1. The normalized spacial score (nSPS) is 30.9. The maximum absolute atomic E-state index is 12.8. The molecule has 5 nitrogen and oxygen atoms in total. The summed E-state index contributed by atoms with van der Waals surface area (Å²) in [5.41, 5.74) is 3.74. The lowest BCUT2D eigenvalue weighted by atomic mass is 9.53. The van der Waals surface area contributed by atoms with Crippen LogP contribution in [0.1, 0.15) is 39.9 Å². The Morgan fingerprint density at radius 2 is 2.10 bits per heavy atom. The van der Waals surface area contributed by atoms with Gasteiger partial charge in [0.1, 0.15) is 11.5 Å². The third-order valence-electron chi connectivity index (χ3n) is 7.72. The number of carbonyl (C=O) groups is 1. The van der Waals surface area contributed by atoms with Crippen LogP contribution in [0.2, 0.25) is 0 Å².